The van der Waals surface area contributed by atoms with E-state index in [0.29, 0.717) is 31.2 Å². The third kappa shape index (κ3) is 4.72. The number of aromatic hydroxyl groups is 1. The number of phenols is 1. The van der Waals surface area contributed by atoms with Crippen molar-refractivity contribution in [2.45, 2.75) is 39.8 Å². The predicted molar refractivity (Wildman–Crippen MR) is 125 cm³/mol. The van der Waals surface area contributed by atoms with Gasteiger partial charge < -0.3 is 19.6 Å². The highest BCUT2D eigenvalue weighted by atomic mass is 16.5. The van der Waals surface area contributed by atoms with E-state index in [1.54, 1.807) is 17.0 Å². The number of amides is 1. The summed E-state index contributed by atoms with van der Waals surface area (Å²) in [6.45, 7) is 6.94. The summed E-state index contributed by atoms with van der Waals surface area (Å²) in [6, 6.07) is 9.40. The van der Waals surface area contributed by atoms with Gasteiger partial charge in [0, 0.05) is 31.1 Å². The minimum absolute atomic E-state index is 0.0249. The van der Waals surface area contributed by atoms with Gasteiger partial charge in [-0.15, -0.1) is 0 Å². The molecule has 7 nitrogen and oxygen atoms in total. The molecule has 170 valence electrons. The average Bonchev–Trinajstić information content (AvgIpc) is 3.33. The maximum absolute atomic E-state index is 13.3. The standard InChI is InChI=1S/C25H32N4O3/c1-16(2)10-22-20-12-21(24(30)13-23(20)27-26-22)25(31)29-14-17-6-7-19(11-18(17)15-29)32-9-5-8-28(3)4/h6-7,11-13,16,30H,5,8-10,14-15H2,1-4H3,(H,26,27). The van der Waals surface area contributed by atoms with Crippen molar-refractivity contribution < 1.29 is 14.6 Å². The van der Waals surface area contributed by atoms with E-state index in [2.05, 4.69) is 28.9 Å². The Morgan fingerprint density at radius 3 is 2.75 bits per heavy atom. The zero-order valence-electron chi connectivity index (χ0n) is 19.3. The van der Waals surface area contributed by atoms with Crippen LogP contribution in [-0.2, 0) is 19.5 Å². The molecule has 0 spiro atoms. The van der Waals surface area contributed by atoms with Gasteiger partial charge in [0.05, 0.1) is 23.4 Å². The quantitative estimate of drug-likeness (QED) is 0.523. The monoisotopic (exact) mass is 436 g/mol. The Morgan fingerprint density at radius 2 is 2.00 bits per heavy atom. The van der Waals surface area contributed by atoms with Gasteiger partial charge in [0.2, 0.25) is 0 Å². The van der Waals surface area contributed by atoms with Gasteiger partial charge in [-0.3, -0.25) is 9.89 Å². The van der Waals surface area contributed by atoms with Crippen molar-refractivity contribution in [1.82, 2.24) is 20.0 Å². The van der Waals surface area contributed by atoms with Crippen molar-refractivity contribution in [3.8, 4) is 11.5 Å². The summed E-state index contributed by atoms with van der Waals surface area (Å²) in [5, 5.41) is 18.8. The van der Waals surface area contributed by atoms with Crippen LogP contribution in [0.1, 0.15) is 47.4 Å². The van der Waals surface area contributed by atoms with E-state index >= 15 is 0 Å². The van der Waals surface area contributed by atoms with Crippen LogP contribution >= 0.6 is 0 Å². The summed E-state index contributed by atoms with van der Waals surface area (Å²) in [5.41, 5.74) is 4.19. The fourth-order valence-electron chi connectivity index (χ4n) is 4.17. The minimum atomic E-state index is -0.175. The Bertz CT molecular complexity index is 1120. The highest BCUT2D eigenvalue weighted by Crippen LogP contribution is 2.32. The van der Waals surface area contributed by atoms with Gasteiger partial charge in [0.25, 0.3) is 5.91 Å². The third-order valence-electron chi connectivity index (χ3n) is 5.80. The second-order valence-electron chi connectivity index (χ2n) is 9.28. The van der Waals surface area contributed by atoms with E-state index in [4.69, 9.17) is 4.74 Å². The number of rotatable bonds is 8. The van der Waals surface area contributed by atoms with Crippen LogP contribution in [-0.4, -0.2) is 58.3 Å². The number of ether oxygens (including phenoxy) is 1. The summed E-state index contributed by atoms with van der Waals surface area (Å²) in [6.07, 6.45) is 1.77. The number of phenolic OH excluding ortho intramolecular Hbond substituents is 1. The molecule has 0 unspecified atom stereocenters. The van der Waals surface area contributed by atoms with Crippen LogP contribution in [0.25, 0.3) is 10.9 Å². The number of fused-ring (bicyclic) bond motifs is 2. The number of aromatic nitrogens is 2. The number of nitrogens with zero attached hydrogens (tertiary/aromatic N) is 3. The largest absolute Gasteiger partial charge is 0.507 e. The number of hydrogen-bond acceptors (Lipinski definition) is 5. The Labute approximate surface area is 189 Å². The first-order valence-electron chi connectivity index (χ1n) is 11.2. The van der Waals surface area contributed by atoms with E-state index in [1.165, 1.54) is 0 Å². The molecule has 0 saturated heterocycles. The molecular formula is C25H32N4O3. The Hall–Kier alpha value is -3.06. The van der Waals surface area contributed by atoms with E-state index in [1.807, 2.05) is 32.3 Å². The fourth-order valence-corrected chi connectivity index (χ4v) is 4.17. The first-order chi connectivity index (χ1) is 15.3. The molecule has 2 N–H and O–H groups in total. The Kier molecular flexibility index (Phi) is 6.37. The van der Waals surface area contributed by atoms with Crippen LogP contribution in [0.3, 0.4) is 0 Å². The van der Waals surface area contributed by atoms with Crippen LogP contribution in [0.15, 0.2) is 30.3 Å². The second-order valence-corrected chi connectivity index (χ2v) is 9.28. The van der Waals surface area contributed by atoms with Crippen molar-refractivity contribution in [3.05, 3.63) is 52.7 Å². The lowest BCUT2D eigenvalue weighted by Gasteiger charge is -2.16. The zero-order valence-corrected chi connectivity index (χ0v) is 19.3. The lowest BCUT2D eigenvalue weighted by atomic mass is 10.0. The normalized spacial score (nSPS) is 13.4. The molecule has 0 atom stereocenters. The maximum Gasteiger partial charge on any atom is 0.258 e. The summed E-state index contributed by atoms with van der Waals surface area (Å²) in [5.74, 6) is 1.08. The third-order valence-corrected chi connectivity index (χ3v) is 5.80. The van der Waals surface area contributed by atoms with Crippen molar-refractivity contribution in [2.24, 2.45) is 5.92 Å². The average molecular weight is 437 g/mol. The van der Waals surface area contributed by atoms with Crippen molar-refractivity contribution in [1.29, 1.82) is 0 Å². The van der Waals surface area contributed by atoms with Gasteiger partial charge >= 0.3 is 0 Å². The maximum atomic E-state index is 13.3. The zero-order chi connectivity index (χ0) is 22.8. The van der Waals surface area contributed by atoms with E-state index in [-0.39, 0.29) is 11.7 Å². The first kappa shape index (κ1) is 22.1. The molecule has 0 fully saturated rings. The summed E-state index contributed by atoms with van der Waals surface area (Å²) in [7, 11) is 4.10. The molecule has 1 aliphatic heterocycles. The predicted octanol–water partition coefficient (Wildman–Crippen LogP) is 3.95. The molecule has 1 aliphatic rings. The molecule has 32 heavy (non-hydrogen) atoms. The van der Waals surface area contributed by atoms with Gasteiger partial charge in [-0.25, -0.2) is 0 Å². The molecule has 3 aromatic rings. The van der Waals surface area contributed by atoms with E-state index < -0.39 is 0 Å². The van der Waals surface area contributed by atoms with Crippen molar-refractivity contribution in [3.63, 3.8) is 0 Å². The highest BCUT2D eigenvalue weighted by molar-refractivity contribution is 6.01. The topological polar surface area (TPSA) is 81.7 Å². The van der Waals surface area contributed by atoms with Crippen LogP contribution in [0, 0.1) is 5.92 Å². The highest BCUT2D eigenvalue weighted by Gasteiger charge is 2.27. The van der Waals surface area contributed by atoms with Crippen LogP contribution < -0.4 is 4.74 Å². The van der Waals surface area contributed by atoms with Crippen LogP contribution in [0.4, 0.5) is 0 Å². The number of carbonyl (C=O) groups is 1. The van der Waals surface area contributed by atoms with E-state index in [9.17, 15) is 9.90 Å². The molecule has 2 heterocycles. The number of carbonyl (C=O) groups excluding carboxylic acids is 1. The SMILES string of the molecule is CC(C)Cc1n[nH]c2cc(O)c(C(=O)N3Cc4ccc(OCCCN(C)C)cc4C3)cc12. The number of aromatic amines is 1. The second kappa shape index (κ2) is 9.20. The molecule has 4 rings (SSSR count). The van der Waals surface area contributed by atoms with Crippen LogP contribution in [0.2, 0.25) is 0 Å². The summed E-state index contributed by atoms with van der Waals surface area (Å²) in [4.78, 5) is 17.2. The Balaban J connectivity index is 1.48. The van der Waals surface area contributed by atoms with Gasteiger partial charge in [0.15, 0.2) is 0 Å². The summed E-state index contributed by atoms with van der Waals surface area (Å²) >= 11 is 0. The number of nitrogens with one attached hydrogen (secondary N) is 1. The lowest BCUT2D eigenvalue weighted by Crippen LogP contribution is -2.25. The fraction of sp³-hybridized carbons (Fsp3) is 0.440. The molecule has 0 saturated carbocycles. The first-order valence-corrected chi connectivity index (χ1v) is 11.2. The van der Waals surface area contributed by atoms with Crippen molar-refractivity contribution in [2.75, 3.05) is 27.2 Å². The smallest absolute Gasteiger partial charge is 0.258 e. The molecule has 7 heteroatoms. The van der Waals surface area contributed by atoms with E-state index in [0.717, 1.165) is 52.9 Å². The lowest BCUT2D eigenvalue weighted by molar-refractivity contribution is 0.0748. The summed E-state index contributed by atoms with van der Waals surface area (Å²) < 4.78 is 5.88. The molecule has 0 radical (unpaired) electrons. The minimum Gasteiger partial charge on any atom is -0.507 e. The Morgan fingerprint density at radius 1 is 1.22 bits per heavy atom. The number of benzene rings is 2. The van der Waals surface area contributed by atoms with Gasteiger partial charge in [-0.1, -0.05) is 19.9 Å². The molecule has 1 aromatic heterocycles. The molecule has 0 aliphatic carbocycles. The van der Waals surface area contributed by atoms with Crippen LogP contribution in [0.5, 0.6) is 11.5 Å². The van der Waals surface area contributed by atoms with Gasteiger partial charge in [-0.05, 0) is 62.2 Å². The number of H-pyrrole nitrogens is 1. The number of hydrogen-bond donors (Lipinski definition) is 2. The molecular weight excluding hydrogens is 404 g/mol. The molecule has 1 amide bonds. The van der Waals surface area contributed by atoms with Crippen molar-refractivity contribution >= 4 is 16.8 Å². The van der Waals surface area contributed by atoms with Gasteiger partial charge in [0.1, 0.15) is 11.5 Å². The molecule has 2 aromatic carbocycles. The van der Waals surface area contributed by atoms with Gasteiger partial charge in [-0.2, -0.15) is 5.10 Å². The molecule has 0 bridgehead atoms.